The van der Waals surface area contributed by atoms with Gasteiger partial charge in [0.05, 0.1) is 12.4 Å². The van der Waals surface area contributed by atoms with Crippen LogP contribution in [0.3, 0.4) is 0 Å². The van der Waals surface area contributed by atoms with Gasteiger partial charge in [0.25, 0.3) is 0 Å². The first-order chi connectivity index (χ1) is 14.6. The lowest BCUT2D eigenvalue weighted by Gasteiger charge is -2.39. The Morgan fingerprint density at radius 1 is 1.23 bits per heavy atom. The number of aromatic nitrogens is 4. The van der Waals surface area contributed by atoms with E-state index >= 15 is 0 Å². The van der Waals surface area contributed by atoms with Crippen LogP contribution in [0.15, 0.2) is 60.4 Å². The van der Waals surface area contributed by atoms with Crippen molar-refractivity contribution in [2.75, 3.05) is 20.1 Å². The number of likely N-dealkylation sites (tertiary alicyclic amines) is 1. The van der Waals surface area contributed by atoms with E-state index in [1.165, 1.54) is 11.1 Å². The molecule has 2 aromatic heterocycles. The van der Waals surface area contributed by atoms with Crippen LogP contribution in [0.4, 0.5) is 0 Å². The molecule has 4 rings (SSSR count). The van der Waals surface area contributed by atoms with Crippen LogP contribution in [0.1, 0.15) is 36.3 Å². The smallest absolute Gasteiger partial charge is 0.193 e. The van der Waals surface area contributed by atoms with Crippen LogP contribution >= 0.6 is 0 Å². The third-order valence-corrected chi connectivity index (χ3v) is 6.06. The third kappa shape index (κ3) is 4.56. The second-order valence-electron chi connectivity index (χ2n) is 8.11. The van der Waals surface area contributed by atoms with Gasteiger partial charge in [0.2, 0.25) is 0 Å². The van der Waals surface area contributed by atoms with E-state index in [0.29, 0.717) is 12.0 Å². The number of imidazole rings is 2. The van der Waals surface area contributed by atoms with E-state index in [2.05, 4.69) is 71.7 Å². The molecule has 0 radical (unpaired) electrons. The Morgan fingerprint density at radius 3 is 2.83 bits per heavy atom. The molecular weight excluding hydrogens is 374 g/mol. The van der Waals surface area contributed by atoms with Crippen molar-refractivity contribution in [1.82, 2.24) is 29.3 Å². The molecular formula is C23H31N7. The molecule has 0 bridgehead atoms. The number of rotatable bonds is 5. The molecule has 2 atom stereocenters. The molecule has 2 unspecified atom stereocenters. The van der Waals surface area contributed by atoms with Crippen molar-refractivity contribution >= 4 is 5.96 Å². The Balaban J connectivity index is 1.39. The first-order valence-corrected chi connectivity index (χ1v) is 10.6. The van der Waals surface area contributed by atoms with Gasteiger partial charge in [-0.3, -0.25) is 4.99 Å². The van der Waals surface area contributed by atoms with Crippen molar-refractivity contribution in [2.45, 2.75) is 39.4 Å². The molecule has 30 heavy (non-hydrogen) atoms. The zero-order valence-corrected chi connectivity index (χ0v) is 18.1. The lowest BCUT2D eigenvalue weighted by atomic mass is 9.93. The van der Waals surface area contributed by atoms with E-state index in [1.54, 1.807) is 0 Å². The van der Waals surface area contributed by atoms with E-state index in [1.807, 2.05) is 38.9 Å². The highest BCUT2D eigenvalue weighted by Gasteiger charge is 2.28. The molecule has 1 aliphatic rings. The zero-order valence-electron chi connectivity index (χ0n) is 18.1. The lowest BCUT2D eigenvalue weighted by Crippen LogP contribution is -2.48. The third-order valence-electron chi connectivity index (χ3n) is 6.06. The van der Waals surface area contributed by atoms with Gasteiger partial charge in [0.1, 0.15) is 5.82 Å². The highest BCUT2D eigenvalue weighted by molar-refractivity contribution is 5.80. The molecule has 1 fully saturated rings. The summed E-state index contributed by atoms with van der Waals surface area (Å²) >= 11 is 0. The number of aliphatic imine (C=N–C) groups is 1. The Bertz CT molecular complexity index is 973. The molecule has 1 aliphatic heterocycles. The highest BCUT2D eigenvalue weighted by atomic mass is 15.3. The monoisotopic (exact) mass is 405 g/mol. The van der Waals surface area contributed by atoms with Crippen molar-refractivity contribution in [2.24, 2.45) is 10.9 Å². The Kier molecular flexibility index (Phi) is 6.16. The molecule has 0 spiro atoms. The van der Waals surface area contributed by atoms with Gasteiger partial charge in [0.15, 0.2) is 5.96 Å². The van der Waals surface area contributed by atoms with Crippen LogP contribution in [0.2, 0.25) is 0 Å². The van der Waals surface area contributed by atoms with Crippen LogP contribution in [-0.2, 0) is 13.1 Å². The van der Waals surface area contributed by atoms with Crippen molar-refractivity contribution < 1.29 is 0 Å². The van der Waals surface area contributed by atoms with Crippen molar-refractivity contribution in [3.63, 3.8) is 0 Å². The van der Waals surface area contributed by atoms with E-state index < -0.39 is 0 Å². The first kappa shape index (κ1) is 20.2. The SMILES string of the molecule is CN=C(NCc1cccc(Cn2ccnc2C)c1)N1CCC(C)C(n2ccnc2)C1. The summed E-state index contributed by atoms with van der Waals surface area (Å²) in [7, 11) is 1.87. The standard InChI is InChI=1S/C23H31N7/c1-18-7-10-29(16-22(18)30-11-8-25-17-30)23(24-3)27-14-20-5-4-6-21(13-20)15-28-12-9-26-19(28)2/h4-6,8-9,11-13,17-18,22H,7,10,14-16H2,1-3H3,(H,24,27). The molecule has 0 amide bonds. The maximum absolute atomic E-state index is 4.56. The molecule has 158 valence electrons. The van der Waals surface area contributed by atoms with Crippen LogP contribution in [0.25, 0.3) is 0 Å². The number of hydrogen-bond acceptors (Lipinski definition) is 3. The fourth-order valence-electron chi connectivity index (χ4n) is 4.21. The largest absolute Gasteiger partial charge is 0.352 e. The van der Waals surface area contributed by atoms with Gasteiger partial charge in [-0.15, -0.1) is 0 Å². The molecule has 1 aromatic carbocycles. The van der Waals surface area contributed by atoms with Crippen molar-refractivity contribution in [1.29, 1.82) is 0 Å². The molecule has 3 heterocycles. The number of benzene rings is 1. The maximum atomic E-state index is 4.56. The second kappa shape index (κ2) is 9.15. The summed E-state index contributed by atoms with van der Waals surface area (Å²) in [5, 5.41) is 3.57. The van der Waals surface area contributed by atoms with Crippen molar-refractivity contribution in [3.8, 4) is 0 Å². The molecule has 0 saturated carbocycles. The minimum atomic E-state index is 0.418. The summed E-state index contributed by atoms with van der Waals surface area (Å²) in [5.41, 5.74) is 2.53. The quantitative estimate of drug-likeness (QED) is 0.523. The highest BCUT2D eigenvalue weighted by Crippen LogP contribution is 2.27. The Morgan fingerprint density at radius 2 is 2.10 bits per heavy atom. The van der Waals surface area contributed by atoms with Gasteiger partial charge in [-0.05, 0) is 30.4 Å². The average Bonchev–Trinajstić information content (AvgIpc) is 3.42. The Hall–Kier alpha value is -3.09. The summed E-state index contributed by atoms with van der Waals surface area (Å²) in [6.07, 6.45) is 10.9. The maximum Gasteiger partial charge on any atom is 0.193 e. The number of piperidine rings is 1. The van der Waals surface area contributed by atoms with Crippen LogP contribution in [-0.4, -0.2) is 50.1 Å². The number of nitrogens with one attached hydrogen (secondary N) is 1. The predicted molar refractivity (Wildman–Crippen MR) is 119 cm³/mol. The van der Waals surface area contributed by atoms with E-state index in [-0.39, 0.29) is 0 Å². The van der Waals surface area contributed by atoms with Crippen LogP contribution in [0.5, 0.6) is 0 Å². The molecule has 1 N–H and O–H groups in total. The van der Waals surface area contributed by atoms with Gasteiger partial charge in [-0.2, -0.15) is 0 Å². The minimum Gasteiger partial charge on any atom is -0.352 e. The normalized spacial score (nSPS) is 19.8. The van der Waals surface area contributed by atoms with E-state index in [4.69, 9.17) is 0 Å². The summed E-state index contributed by atoms with van der Waals surface area (Å²) in [5.74, 6) is 2.62. The average molecular weight is 406 g/mol. The number of aryl methyl sites for hydroxylation is 1. The topological polar surface area (TPSA) is 63.3 Å². The molecule has 1 saturated heterocycles. The number of hydrogen-bond donors (Lipinski definition) is 1. The fraction of sp³-hybridized carbons (Fsp3) is 0.435. The van der Waals surface area contributed by atoms with E-state index in [0.717, 1.165) is 44.4 Å². The fourth-order valence-corrected chi connectivity index (χ4v) is 4.21. The zero-order chi connectivity index (χ0) is 20.9. The van der Waals surface area contributed by atoms with Gasteiger partial charge in [-0.1, -0.05) is 31.2 Å². The van der Waals surface area contributed by atoms with E-state index in [9.17, 15) is 0 Å². The van der Waals surface area contributed by atoms with Gasteiger partial charge < -0.3 is 19.4 Å². The van der Waals surface area contributed by atoms with Gasteiger partial charge >= 0.3 is 0 Å². The number of nitrogens with zero attached hydrogens (tertiary/aromatic N) is 6. The summed E-state index contributed by atoms with van der Waals surface area (Å²) in [6.45, 7) is 7.91. The van der Waals surface area contributed by atoms with Gasteiger partial charge in [-0.25, -0.2) is 9.97 Å². The molecule has 7 heteroatoms. The minimum absolute atomic E-state index is 0.418. The number of guanidine groups is 1. The van der Waals surface area contributed by atoms with Crippen molar-refractivity contribution in [3.05, 3.63) is 72.3 Å². The molecule has 0 aliphatic carbocycles. The van der Waals surface area contributed by atoms with Gasteiger partial charge in [0, 0.05) is 58.0 Å². The second-order valence-corrected chi connectivity index (χ2v) is 8.11. The summed E-state index contributed by atoms with van der Waals surface area (Å²) in [6, 6.07) is 9.13. The first-order valence-electron chi connectivity index (χ1n) is 10.6. The molecule has 3 aromatic rings. The van der Waals surface area contributed by atoms with Crippen LogP contribution in [0, 0.1) is 12.8 Å². The summed E-state index contributed by atoms with van der Waals surface area (Å²) < 4.78 is 4.39. The van der Waals surface area contributed by atoms with Crippen LogP contribution < -0.4 is 5.32 Å². The predicted octanol–water partition coefficient (Wildman–Crippen LogP) is 3.09. The Labute approximate surface area is 178 Å². The summed E-state index contributed by atoms with van der Waals surface area (Å²) in [4.78, 5) is 15.5. The lowest BCUT2D eigenvalue weighted by molar-refractivity contribution is 0.189. The molecule has 7 nitrogen and oxygen atoms in total.